The molecule has 1 heterocycles. The Morgan fingerprint density at radius 1 is 0.833 bits per heavy atom. The molecule has 1 aliphatic rings. The standard InChI is InChI=1S/C30H27NO4S/c1-30(2,29(32)33)35-22-17-15-21(16-18-22)23-9-3-6-12-26(23)34-20-19-31-24-10-4-7-13-27(24)36-28-14-8-5-11-25(28)31/h3-18H,19-20H2,1-2H3,(H,32,33). The van der Waals surface area contributed by atoms with E-state index in [1.165, 1.54) is 35.0 Å². The molecule has 4 aromatic rings. The predicted octanol–water partition coefficient (Wildman–Crippen LogP) is 7.28. The van der Waals surface area contributed by atoms with E-state index in [-0.39, 0.29) is 0 Å². The Morgan fingerprint density at radius 2 is 1.42 bits per heavy atom. The molecule has 0 saturated heterocycles. The first-order valence-electron chi connectivity index (χ1n) is 11.8. The van der Waals surface area contributed by atoms with Gasteiger partial charge in [0.1, 0.15) is 18.1 Å². The summed E-state index contributed by atoms with van der Waals surface area (Å²) in [4.78, 5) is 16.2. The third-order valence-electron chi connectivity index (χ3n) is 6.04. The number of hydrogen-bond donors (Lipinski definition) is 1. The predicted molar refractivity (Wildman–Crippen MR) is 144 cm³/mol. The number of hydrogen-bond acceptors (Lipinski definition) is 5. The third kappa shape index (κ3) is 4.90. The van der Waals surface area contributed by atoms with E-state index in [4.69, 9.17) is 9.47 Å². The number of anilines is 2. The lowest BCUT2D eigenvalue weighted by Gasteiger charge is -2.32. The van der Waals surface area contributed by atoms with Crippen LogP contribution in [0.4, 0.5) is 11.4 Å². The molecule has 6 heteroatoms. The summed E-state index contributed by atoms with van der Waals surface area (Å²) >= 11 is 1.80. The molecule has 0 aliphatic carbocycles. The van der Waals surface area contributed by atoms with E-state index in [1.54, 1.807) is 23.9 Å². The first kappa shape index (κ1) is 23.8. The number of para-hydroxylation sites is 3. The Labute approximate surface area is 215 Å². The Bertz CT molecular complexity index is 1340. The molecule has 36 heavy (non-hydrogen) atoms. The van der Waals surface area contributed by atoms with E-state index in [0.29, 0.717) is 18.9 Å². The van der Waals surface area contributed by atoms with Gasteiger partial charge in [-0.1, -0.05) is 66.4 Å². The second-order valence-electron chi connectivity index (χ2n) is 8.98. The van der Waals surface area contributed by atoms with Crippen molar-refractivity contribution in [1.82, 2.24) is 0 Å². The number of rotatable bonds is 8. The summed E-state index contributed by atoms with van der Waals surface area (Å²) in [6, 6.07) is 32.3. The van der Waals surface area contributed by atoms with Crippen LogP contribution >= 0.6 is 11.8 Å². The first-order valence-corrected chi connectivity index (χ1v) is 12.6. The van der Waals surface area contributed by atoms with Gasteiger partial charge in [0.15, 0.2) is 5.60 Å². The normalized spacial score (nSPS) is 12.4. The molecule has 0 radical (unpaired) electrons. The van der Waals surface area contributed by atoms with Crippen LogP contribution in [0.1, 0.15) is 13.8 Å². The van der Waals surface area contributed by atoms with Gasteiger partial charge in [0, 0.05) is 15.4 Å². The molecular formula is C30H27NO4S. The van der Waals surface area contributed by atoms with E-state index < -0.39 is 11.6 Å². The molecule has 1 N–H and O–H groups in total. The van der Waals surface area contributed by atoms with Crippen molar-refractivity contribution >= 4 is 29.1 Å². The zero-order valence-electron chi connectivity index (χ0n) is 20.2. The van der Waals surface area contributed by atoms with Gasteiger partial charge < -0.3 is 19.5 Å². The van der Waals surface area contributed by atoms with Crippen LogP contribution in [-0.2, 0) is 4.79 Å². The third-order valence-corrected chi connectivity index (χ3v) is 7.18. The van der Waals surface area contributed by atoms with Gasteiger partial charge in [0.25, 0.3) is 0 Å². The molecule has 1 aliphatic heterocycles. The van der Waals surface area contributed by atoms with Gasteiger partial charge in [-0.3, -0.25) is 0 Å². The maximum atomic E-state index is 11.4. The van der Waals surface area contributed by atoms with Gasteiger partial charge in [-0.05, 0) is 61.9 Å². The van der Waals surface area contributed by atoms with E-state index in [1.807, 2.05) is 36.4 Å². The Balaban J connectivity index is 1.32. The monoisotopic (exact) mass is 497 g/mol. The lowest BCUT2D eigenvalue weighted by atomic mass is 10.0. The number of carbonyl (C=O) groups is 1. The van der Waals surface area contributed by atoms with Crippen LogP contribution < -0.4 is 14.4 Å². The number of nitrogens with zero attached hydrogens (tertiary/aromatic N) is 1. The average molecular weight is 498 g/mol. The lowest BCUT2D eigenvalue weighted by Crippen LogP contribution is -2.37. The Morgan fingerprint density at radius 3 is 2.06 bits per heavy atom. The van der Waals surface area contributed by atoms with Crippen molar-refractivity contribution in [2.24, 2.45) is 0 Å². The number of ether oxygens (including phenoxy) is 2. The summed E-state index contributed by atoms with van der Waals surface area (Å²) in [5.41, 5.74) is 3.02. The molecule has 182 valence electrons. The van der Waals surface area contributed by atoms with Gasteiger partial charge in [0.2, 0.25) is 0 Å². The van der Waals surface area contributed by atoms with Crippen molar-refractivity contribution in [2.45, 2.75) is 29.2 Å². The molecule has 0 aromatic heterocycles. The van der Waals surface area contributed by atoms with Crippen molar-refractivity contribution in [3.8, 4) is 22.6 Å². The number of carboxylic acids is 1. The maximum absolute atomic E-state index is 11.4. The molecule has 5 rings (SSSR count). The molecule has 0 fully saturated rings. The van der Waals surface area contributed by atoms with Crippen molar-refractivity contribution in [1.29, 1.82) is 0 Å². The fourth-order valence-electron chi connectivity index (χ4n) is 4.14. The minimum atomic E-state index is -1.30. The van der Waals surface area contributed by atoms with Crippen LogP contribution in [0, 0.1) is 0 Å². The van der Waals surface area contributed by atoms with E-state index in [9.17, 15) is 9.90 Å². The summed E-state index contributed by atoms with van der Waals surface area (Å²) in [5, 5.41) is 9.31. The van der Waals surface area contributed by atoms with E-state index in [0.717, 1.165) is 16.9 Å². The highest BCUT2D eigenvalue weighted by Gasteiger charge is 2.29. The molecule has 0 amide bonds. The van der Waals surface area contributed by atoms with Crippen LogP contribution in [0.25, 0.3) is 11.1 Å². The molecular weight excluding hydrogens is 470 g/mol. The lowest BCUT2D eigenvalue weighted by molar-refractivity contribution is -0.152. The highest BCUT2D eigenvalue weighted by molar-refractivity contribution is 7.99. The smallest absolute Gasteiger partial charge is 0.347 e. The summed E-state index contributed by atoms with van der Waals surface area (Å²) in [5.74, 6) is 0.290. The fourth-order valence-corrected chi connectivity index (χ4v) is 5.24. The number of carboxylic acid groups (broad SMARTS) is 1. The fraction of sp³-hybridized carbons (Fsp3) is 0.167. The molecule has 0 spiro atoms. The zero-order valence-corrected chi connectivity index (χ0v) is 21.0. The number of benzene rings is 4. The summed E-state index contributed by atoms with van der Waals surface area (Å²) in [6.45, 7) is 4.28. The van der Waals surface area contributed by atoms with Gasteiger partial charge in [-0.15, -0.1) is 0 Å². The van der Waals surface area contributed by atoms with Crippen LogP contribution in [-0.4, -0.2) is 29.8 Å². The van der Waals surface area contributed by atoms with Gasteiger partial charge in [-0.25, -0.2) is 4.79 Å². The molecule has 0 unspecified atom stereocenters. The molecule has 0 bridgehead atoms. The highest BCUT2D eigenvalue weighted by Crippen LogP contribution is 2.47. The first-order chi connectivity index (χ1) is 17.4. The van der Waals surface area contributed by atoms with Gasteiger partial charge in [-0.2, -0.15) is 0 Å². The largest absolute Gasteiger partial charge is 0.491 e. The minimum absolute atomic E-state index is 0.504. The molecule has 0 atom stereocenters. The van der Waals surface area contributed by atoms with Crippen LogP contribution in [0.15, 0.2) is 107 Å². The SMILES string of the molecule is CC(C)(Oc1ccc(-c2ccccc2OCCN2c3ccccc3Sc3ccccc32)cc1)C(=O)O. The topological polar surface area (TPSA) is 59.0 Å². The number of aliphatic carboxylic acids is 1. The summed E-state index contributed by atoms with van der Waals surface area (Å²) < 4.78 is 11.9. The highest BCUT2D eigenvalue weighted by atomic mass is 32.2. The van der Waals surface area contributed by atoms with Crippen molar-refractivity contribution in [3.05, 3.63) is 97.1 Å². The summed E-state index contributed by atoms with van der Waals surface area (Å²) in [6.07, 6.45) is 0. The zero-order chi connectivity index (χ0) is 25.1. The average Bonchev–Trinajstić information content (AvgIpc) is 2.89. The molecule has 0 saturated carbocycles. The second-order valence-corrected chi connectivity index (χ2v) is 10.1. The minimum Gasteiger partial charge on any atom is -0.491 e. The molecule has 5 nitrogen and oxygen atoms in total. The van der Waals surface area contributed by atoms with Gasteiger partial charge in [0.05, 0.1) is 17.9 Å². The maximum Gasteiger partial charge on any atom is 0.347 e. The summed E-state index contributed by atoms with van der Waals surface area (Å²) in [7, 11) is 0. The van der Waals surface area contributed by atoms with Gasteiger partial charge >= 0.3 is 5.97 Å². The van der Waals surface area contributed by atoms with Crippen molar-refractivity contribution < 1.29 is 19.4 Å². The van der Waals surface area contributed by atoms with Crippen LogP contribution in [0.2, 0.25) is 0 Å². The van der Waals surface area contributed by atoms with Crippen molar-refractivity contribution in [2.75, 3.05) is 18.1 Å². The van der Waals surface area contributed by atoms with Crippen LogP contribution in [0.5, 0.6) is 11.5 Å². The van der Waals surface area contributed by atoms with E-state index in [2.05, 4.69) is 53.4 Å². The second kappa shape index (κ2) is 9.99. The Kier molecular flexibility index (Phi) is 6.61. The van der Waals surface area contributed by atoms with Crippen molar-refractivity contribution in [3.63, 3.8) is 0 Å². The van der Waals surface area contributed by atoms with Crippen LogP contribution in [0.3, 0.4) is 0 Å². The Hall–Kier alpha value is -3.90. The quantitative estimate of drug-likeness (QED) is 0.276. The number of fused-ring (bicyclic) bond motifs is 2. The molecule has 4 aromatic carbocycles. The van der Waals surface area contributed by atoms with E-state index >= 15 is 0 Å².